The van der Waals surface area contributed by atoms with E-state index >= 15 is 0 Å². The predicted octanol–water partition coefficient (Wildman–Crippen LogP) is 3.19. The van der Waals surface area contributed by atoms with Crippen LogP contribution in [0.15, 0.2) is 30.8 Å². The number of nitrogens with zero attached hydrogens (tertiary/aromatic N) is 3. The highest BCUT2D eigenvalue weighted by atomic mass is 19.4. The summed E-state index contributed by atoms with van der Waals surface area (Å²) in [5.41, 5.74) is 1.99. The molecule has 22 heavy (non-hydrogen) atoms. The highest BCUT2D eigenvalue weighted by Crippen LogP contribution is 2.34. The number of hydrogen-bond acceptors (Lipinski definition) is 3. The summed E-state index contributed by atoms with van der Waals surface area (Å²) in [6.45, 7) is 4.23. The molecule has 1 atom stereocenters. The number of aliphatic hydroxyl groups excluding tert-OH is 1. The van der Waals surface area contributed by atoms with Crippen LogP contribution in [0.1, 0.15) is 41.5 Å². The molecule has 0 fully saturated rings. The molecule has 0 spiro atoms. The highest BCUT2D eigenvalue weighted by Gasteiger charge is 2.30. The van der Waals surface area contributed by atoms with Crippen molar-refractivity contribution in [2.75, 3.05) is 0 Å². The molecule has 0 radical (unpaired) electrons. The Morgan fingerprint density at radius 2 is 1.95 bits per heavy atom. The summed E-state index contributed by atoms with van der Waals surface area (Å²) in [5.74, 6) is 0. The number of alkyl halides is 3. The molecule has 3 rings (SSSR count). The van der Waals surface area contributed by atoms with Gasteiger partial charge in [-0.15, -0.1) is 5.10 Å². The van der Waals surface area contributed by atoms with Gasteiger partial charge in [0.25, 0.3) is 0 Å². The molecule has 1 N–H and O–H groups in total. The molecule has 4 nitrogen and oxygen atoms in total. The Morgan fingerprint density at radius 3 is 2.59 bits per heavy atom. The van der Waals surface area contributed by atoms with E-state index in [0.29, 0.717) is 29.8 Å². The van der Waals surface area contributed by atoms with Gasteiger partial charge in [-0.2, -0.15) is 13.2 Å². The zero-order valence-electron chi connectivity index (χ0n) is 11.6. The lowest BCUT2D eigenvalue weighted by Gasteiger charge is -2.19. The zero-order chi connectivity index (χ0) is 15.9. The van der Waals surface area contributed by atoms with Crippen LogP contribution < -0.4 is 0 Å². The van der Waals surface area contributed by atoms with E-state index in [1.165, 1.54) is 12.1 Å². The monoisotopic (exact) mass is 309 g/mol. The normalized spacial score (nSPS) is 18.4. The van der Waals surface area contributed by atoms with Crippen LogP contribution in [0.2, 0.25) is 0 Å². The summed E-state index contributed by atoms with van der Waals surface area (Å²) in [6.07, 6.45) is -3.80. The smallest absolute Gasteiger partial charge is 0.387 e. The van der Waals surface area contributed by atoms with Gasteiger partial charge in [0.05, 0.1) is 17.8 Å². The Balaban J connectivity index is 1.87. The zero-order valence-corrected chi connectivity index (χ0v) is 11.6. The summed E-state index contributed by atoms with van der Waals surface area (Å²) in [4.78, 5) is 0. The molecule has 0 saturated heterocycles. The van der Waals surface area contributed by atoms with Crippen molar-refractivity contribution in [3.63, 3.8) is 0 Å². The third-order valence-corrected chi connectivity index (χ3v) is 3.74. The molecule has 0 amide bonds. The van der Waals surface area contributed by atoms with E-state index in [-0.39, 0.29) is 6.54 Å². The number of rotatable bonds is 2. The van der Waals surface area contributed by atoms with Crippen LogP contribution in [0.25, 0.3) is 5.57 Å². The fourth-order valence-electron chi connectivity index (χ4n) is 2.56. The van der Waals surface area contributed by atoms with E-state index in [2.05, 4.69) is 16.9 Å². The summed E-state index contributed by atoms with van der Waals surface area (Å²) < 4.78 is 39.2. The van der Waals surface area contributed by atoms with Crippen molar-refractivity contribution in [2.24, 2.45) is 0 Å². The fourth-order valence-corrected chi connectivity index (χ4v) is 2.56. The van der Waals surface area contributed by atoms with Gasteiger partial charge in [-0.25, -0.2) is 4.68 Å². The fraction of sp³-hybridized carbons (Fsp3) is 0.333. The van der Waals surface area contributed by atoms with E-state index in [0.717, 1.165) is 17.7 Å². The Labute approximate surface area is 124 Å². The maximum Gasteiger partial charge on any atom is 0.416 e. The number of allylic oxidation sites excluding steroid dienone is 1. The first-order valence-electron chi connectivity index (χ1n) is 6.82. The molecule has 7 heteroatoms. The average Bonchev–Trinajstić information content (AvgIpc) is 2.88. The van der Waals surface area contributed by atoms with Crippen LogP contribution in [0.4, 0.5) is 13.2 Å². The van der Waals surface area contributed by atoms with Gasteiger partial charge < -0.3 is 5.11 Å². The molecular weight excluding hydrogens is 295 g/mol. The second-order valence-corrected chi connectivity index (χ2v) is 5.33. The average molecular weight is 309 g/mol. The maximum absolute atomic E-state index is 12.5. The van der Waals surface area contributed by atoms with Crippen LogP contribution in [-0.4, -0.2) is 20.1 Å². The van der Waals surface area contributed by atoms with Crippen molar-refractivity contribution in [3.05, 3.63) is 53.4 Å². The summed E-state index contributed by atoms with van der Waals surface area (Å²) >= 11 is 0. The van der Waals surface area contributed by atoms with Crippen LogP contribution in [-0.2, 0) is 12.7 Å². The number of hydrogen-bond donors (Lipinski definition) is 1. The van der Waals surface area contributed by atoms with Gasteiger partial charge in [-0.05, 0) is 36.1 Å². The summed E-state index contributed by atoms with van der Waals surface area (Å²) in [6, 6.07) is 4.92. The quantitative estimate of drug-likeness (QED) is 0.927. The first-order valence-corrected chi connectivity index (χ1v) is 6.82. The van der Waals surface area contributed by atoms with E-state index in [4.69, 9.17) is 0 Å². The van der Waals surface area contributed by atoms with Crippen LogP contribution >= 0.6 is 0 Å². The van der Waals surface area contributed by atoms with Gasteiger partial charge in [0.2, 0.25) is 0 Å². The van der Waals surface area contributed by atoms with Gasteiger partial charge in [0.1, 0.15) is 11.8 Å². The Kier molecular flexibility index (Phi) is 3.52. The lowest BCUT2D eigenvalue weighted by Crippen LogP contribution is -2.12. The van der Waals surface area contributed by atoms with Crippen LogP contribution in [0.3, 0.4) is 0 Å². The second-order valence-electron chi connectivity index (χ2n) is 5.33. The van der Waals surface area contributed by atoms with E-state index < -0.39 is 17.8 Å². The minimum absolute atomic E-state index is 0.284. The highest BCUT2D eigenvalue weighted by molar-refractivity contribution is 5.64. The first kappa shape index (κ1) is 14.8. The topological polar surface area (TPSA) is 50.9 Å². The van der Waals surface area contributed by atoms with Crippen LogP contribution in [0, 0.1) is 0 Å². The molecule has 1 aromatic heterocycles. The lowest BCUT2D eigenvalue weighted by molar-refractivity contribution is -0.137. The van der Waals surface area contributed by atoms with Crippen molar-refractivity contribution in [3.8, 4) is 0 Å². The van der Waals surface area contributed by atoms with E-state index in [9.17, 15) is 18.3 Å². The lowest BCUT2D eigenvalue weighted by atomic mass is 9.94. The summed E-state index contributed by atoms with van der Waals surface area (Å²) in [7, 11) is 0. The molecule has 1 heterocycles. The van der Waals surface area contributed by atoms with Gasteiger partial charge in [-0.3, -0.25) is 0 Å². The largest absolute Gasteiger partial charge is 0.416 e. The Morgan fingerprint density at radius 1 is 1.27 bits per heavy atom. The number of halogens is 3. The number of benzene rings is 1. The number of aromatic nitrogens is 3. The molecule has 0 aliphatic heterocycles. The maximum atomic E-state index is 12.5. The SMILES string of the molecule is C=C1CC[C@@H](O)c2nnn(Cc3ccc(C(F)(F)F)cc3)c21. The molecular formula is C15H14F3N3O. The van der Waals surface area contributed by atoms with Gasteiger partial charge >= 0.3 is 6.18 Å². The molecule has 0 bridgehead atoms. The number of aliphatic hydroxyl groups is 1. The van der Waals surface area contributed by atoms with Crippen molar-refractivity contribution in [2.45, 2.75) is 31.7 Å². The van der Waals surface area contributed by atoms with E-state index in [1.54, 1.807) is 4.68 Å². The molecule has 0 unspecified atom stereocenters. The van der Waals surface area contributed by atoms with Crippen molar-refractivity contribution in [1.29, 1.82) is 0 Å². The Hall–Kier alpha value is -2.15. The third-order valence-electron chi connectivity index (χ3n) is 3.74. The minimum Gasteiger partial charge on any atom is -0.387 e. The van der Waals surface area contributed by atoms with Crippen LogP contribution in [0.5, 0.6) is 0 Å². The van der Waals surface area contributed by atoms with E-state index in [1.807, 2.05) is 0 Å². The molecule has 1 aromatic carbocycles. The first-order chi connectivity index (χ1) is 10.4. The third kappa shape index (κ3) is 2.64. The molecule has 116 valence electrons. The minimum atomic E-state index is -4.34. The van der Waals surface area contributed by atoms with Crippen molar-refractivity contribution >= 4 is 5.57 Å². The van der Waals surface area contributed by atoms with Gasteiger partial charge in [-0.1, -0.05) is 23.9 Å². The van der Waals surface area contributed by atoms with Gasteiger partial charge in [0, 0.05) is 0 Å². The Bertz CT molecular complexity index is 704. The molecule has 1 aliphatic carbocycles. The number of fused-ring (bicyclic) bond motifs is 1. The molecule has 2 aromatic rings. The molecule has 1 aliphatic rings. The van der Waals surface area contributed by atoms with Crippen molar-refractivity contribution in [1.82, 2.24) is 15.0 Å². The van der Waals surface area contributed by atoms with Gasteiger partial charge in [0.15, 0.2) is 0 Å². The predicted molar refractivity (Wildman–Crippen MR) is 73.8 cm³/mol. The standard InChI is InChI=1S/C15H14F3N3O/c1-9-2-7-12(22)13-14(9)21(20-19-13)8-10-3-5-11(6-4-10)15(16,17)18/h3-6,12,22H,1-2,7-8H2/t12-/m1/s1. The second kappa shape index (κ2) is 5.24. The van der Waals surface area contributed by atoms with Crippen molar-refractivity contribution < 1.29 is 18.3 Å². The molecule has 0 saturated carbocycles. The summed E-state index contributed by atoms with van der Waals surface area (Å²) in [5, 5.41) is 17.9.